The van der Waals surface area contributed by atoms with Crippen LogP contribution in [0.1, 0.15) is 56.7 Å². The van der Waals surface area contributed by atoms with E-state index >= 15 is 0 Å². The SMILES string of the molecule is CCC1CCCCN1C(=O)NC(C)c1ccc(C#N)cc1. The smallest absolute Gasteiger partial charge is 0.318 e. The molecule has 1 heterocycles. The van der Waals surface area contributed by atoms with Gasteiger partial charge in [-0.2, -0.15) is 5.26 Å². The fourth-order valence-electron chi connectivity index (χ4n) is 2.89. The van der Waals surface area contributed by atoms with Gasteiger partial charge in [0.2, 0.25) is 0 Å². The van der Waals surface area contributed by atoms with Crippen LogP contribution in [-0.2, 0) is 0 Å². The Kier molecular flexibility index (Phi) is 5.21. The Morgan fingerprint density at radius 2 is 2.14 bits per heavy atom. The molecule has 1 N–H and O–H groups in total. The van der Waals surface area contributed by atoms with Crippen molar-refractivity contribution < 1.29 is 4.79 Å². The van der Waals surface area contributed by atoms with Gasteiger partial charge in [-0.1, -0.05) is 19.1 Å². The highest BCUT2D eigenvalue weighted by atomic mass is 16.2. The highest BCUT2D eigenvalue weighted by molar-refractivity contribution is 5.75. The maximum atomic E-state index is 12.4. The number of hydrogen-bond acceptors (Lipinski definition) is 2. The molecule has 2 unspecified atom stereocenters. The molecule has 21 heavy (non-hydrogen) atoms. The Labute approximate surface area is 126 Å². The van der Waals surface area contributed by atoms with Gasteiger partial charge in [-0.3, -0.25) is 0 Å². The number of likely N-dealkylation sites (tertiary alicyclic amines) is 1. The van der Waals surface area contributed by atoms with Crippen LogP contribution in [0.15, 0.2) is 24.3 Å². The standard InChI is InChI=1S/C17H23N3O/c1-3-16-6-4-5-11-20(16)17(21)19-13(2)15-9-7-14(12-18)8-10-15/h7-10,13,16H,3-6,11H2,1-2H3,(H,19,21). The summed E-state index contributed by atoms with van der Waals surface area (Å²) in [6.07, 6.45) is 4.43. The molecule has 2 atom stereocenters. The monoisotopic (exact) mass is 285 g/mol. The predicted molar refractivity (Wildman–Crippen MR) is 82.7 cm³/mol. The van der Waals surface area contributed by atoms with Crippen molar-refractivity contribution in [1.29, 1.82) is 5.26 Å². The van der Waals surface area contributed by atoms with Crippen LogP contribution in [0.4, 0.5) is 4.79 Å². The number of nitrogens with one attached hydrogen (secondary N) is 1. The van der Waals surface area contributed by atoms with Crippen LogP contribution < -0.4 is 5.32 Å². The Bertz CT molecular complexity index is 518. The van der Waals surface area contributed by atoms with Gasteiger partial charge in [-0.15, -0.1) is 0 Å². The molecule has 1 aliphatic heterocycles. The number of nitrogens with zero attached hydrogens (tertiary/aromatic N) is 2. The topological polar surface area (TPSA) is 56.1 Å². The molecule has 4 nitrogen and oxygen atoms in total. The molecule has 0 aromatic heterocycles. The van der Waals surface area contributed by atoms with Crippen molar-refractivity contribution in [2.45, 2.75) is 51.6 Å². The summed E-state index contributed by atoms with van der Waals surface area (Å²) in [7, 11) is 0. The van der Waals surface area contributed by atoms with Crippen LogP contribution >= 0.6 is 0 Å². The predicted octanol–water partition coefficient (Wildman–Crippen LogP) is 3.59. The Balaban J connectivity index is 1.99. The molecule has 2 amide bonds. The first-order valence-corrected chi connectivity index (χ1v) is 7.73. The number of carbonyl (C=O) groups is 1. The summed E-state index contributed by atoms with van der Waals surface area (Å²) in [6, 6.07) is 9.82. The summed E-state index contributed by atoms with van der Waals surface area (Å²) in [4.78, 5) is 14.4. The second-order valence-electron chi connectivity index (χ2n) is 5.66. The number of hydrogen-bond donors (Lipinski definition) is 1. The highest BCUT2D eigenvalue weighted by Crippen LogP contribution is 2.21. The van der Waals surface area contributed by atoms with Crippen LogP contribution in [0.25, 0.3) is 0 Å². The summed E-state index contributed by atoms with van der Waals surface area (Å²) in [6.45, 7) is 4.97. The van der Waals surface area contributed by atoms with Gasteiger partial charge in [-0.25, -0.2) is 4.79 Å². The number of rotatable bonds is 3. The van der Waals surface area contributed by atoms with E-state index in [9.17, 15) is 4.79 Å². The summed E-state index contributed by atoms with van der Waals surface area (Å²) < 4.78 is 0. The van der Waals surface area contributed by atoms with Crippen molar-refractivity contribution in [3.63, 3.8) is 0 Å². The van der Waals surface area contributed by atoms with Crippen LogP contribution in [0.2, 0.25) is 0 Å². The Morgan fingerprint density at radius 1 is 1.43 bits per heavy atom. The van der Waals surface area contributed by atoms with Crippen molar-refractivity contribution in [2.24, 2.45) is 0 Å². The number of piperidine rings is 1. The molecule has 0 radical (unpaired) electrons. The molecule has 1 fully saturated rings. The molecule has 0 bridgehead atoms. The summed E-state index contributed by atoms with van der Waals surface area (Å²) in [5, 5.41) is 11.9. The second-order valence-corrected chi connectivity index (χ2v) is 5.66. The lowest BCUT2D eigenvalue weighted by atomic mass is 10.0. The van der Waals surface area contributed by atoms with Gasteiger partial charge in [0.15, 0.2) is 0 Å². The number of carbonyl (C=O) groups excluding carboxylic acids is 1. The van der Waals surface area contributed by atoms with Crippen LogP contribution in [-0.4, -0.2) is 23.5 Å². The third-order valence-corrected chi connectivity index (χ3v) is 4.24. The Hall–Kier alpha value is -2.02. The van der Waals surface area contributed by atoms with Gasteiger partial charge in [0.1, 0.15) is 0 Å². The summed E-state index contributed by atoms with van der Waals surface area (Å²) in [5.41, 5.74) is 1.66. The normalized spacial score (nSPS) is 19.7. The molecule has 1 aliphatic rings. The third-order valence-electron chi connectivity index (χ3n) is 4.24. The van der Waals surface area contributed by atoms with Crippen LogP contribution in [0, 0.1) is 11.3 Å². The zero-order chi connectivity index (χ0) is 15.2. The Morgan fingerprint density at radius 3 is 2.76 bits per heavy atom. The molecule has 1 saturated heterocycles. The minimum absolute atomic E-state index is 0.0263. The fourth-order valence-corrected chi connectivity index (χ4v) is 2.89. The van der Waals surface area contributed by atoms with E-state index in [4.69, 9.17) is 5.26 Å². The largest absolute Gasteiger partial charge is 0.331 e. The molecule has 112 valence electrons. The van der Waals surface area contributed by atoms with E-state index in [0.29, 0.717) is 11.6 Å². The van der Waals surface area contributed by atoms with E-state index in [1.165, 1.54) is 6.42 Å². The average Bonchev–Trinajstić information content (AvgIpc) is 2.54. The molecule has 1 aromatic rings. The van der Waals surface area contributed by atoms with E-state index in [1.807, 2.05) is 24.0 Å². The minimum atomic E-state index is -0.0512. The molecule has 0 spiro atoms. The van der Waals surface area contributed by atoms with Gasteiger partial charge in [0.25, 0.3) is 0 Å². The van der Waals surface area contributed by atoms with Crippen LogP contribution in [0.3, 0.4) is 0 Å². The zero-order valence-corrected chi connectivity index (χ0v) is 12.8. The maximum absolute atomic E-state index is 12.4. The zero-order valence-electron chi connectivity index (χ0n) is 12.8. The fraction of sp³-hybridized carbons (Fsp3) is 0.529. The molecular weight excluding hydrogens is 262 g/mol. The number of benzene rings is 1. The van der Waals surface area contributed by atoms with Gasteiger partial charge in [0.05, 0.1) is 17.7 Å². The molecule has 2 rings (SSSR count). The first-order chi connectivity index (χ1) is 10.2. The third kappa shape index (κ3) is 3.75. The molecular formula is C17H23N3O. The van der Waals surface area contributed by atoms with E-state index in [0.717, 1.165) is 31.4 Å². The van der Waals surface area contributed by atoms with Crippen molar-refractivity contribution in [3.8, 4) is 6.07 Å². The lowest BCUT2D eigenvalue weighted by Gasteiger charge is -2.36. The summed E-state index contributed by atoms with van der Waals surface area (Å²) >= 11 is 0. The second kappa shape index (κ2) is 7.12. The average molecular weight is 285 g/mol. The van der Waals surface area contributed by atoms with Crippen LogP contribution in [0.5, 0.6) is 0 Å². The van der Waals surface area contributed by atoms with Crippen molar-refractivity contribution >= 4 is 6.03 Å². The number of amides is 2. The lowest BCUT2D eigenvalue weighted by molar-refractivity contribution is 0.146. The van der Waals surface area contributed by atoms with Gasteiger partial charge >= 0.3 is 6.03 Å². The number of nitriles is 1. The van der Waals surface area contributed by atoms with Gasteiger partial charge < -0.3 is 10.2 Å². The van der Waals surface area contributed by atoms with Crippen molar-refractivity contribution in [1.82, 2.24) is 10.2 Å². The first kappa shape index (κ1) is 15.4. The quantitative estimate of drug-likeness (QED) is 0.922. The molecule has 4 heteroatoms. The lowest BCUT2D eigenvalue weighted by Crippen LogP contribution is -2.48. The first-order valence-electron chi connectivity index (χ1n) is 7.73. The number of urea groups is 1. The molecule has 0 saturated carbocycles. The van der Waals surface area contributed by atoms with E-state index < -0.39 is 0 Å². The van der Waals surface area contributed by atoms with Crippen molar-refractivity contribution in [3.05, 3.63) is 35.4 Å². The molecule has 0 aliphatic carbocycles. The van der Waals surface area contributed by atoms with Gasteiger partial charge in [-0.05, 0) is 50.3 Å². The highest BCUT2D eigenvalue weighted by Gasteiger charge is 2.26. The van der Waals surface area contributed by atoms with Crippen molar-refractivity contribution in [2.75, 3.05) is 6.54 Å². The summed E-state index contributed by atoms with van der Waals surface area (Å²) in [5.74, 6) is 0. The van der Waals surface area contributed by atoms with E-state index in [-0.39, 0.29) is 12.1 Å². The maximum Gasteiger partial charge on any atom is 0.318 e. The van der Waals surface area contributed by atoms with Gasteiger partial charge in [0, 0.05) is 12.6 Å². The van der Waals surface area contributed by atoms with E-state index in [1.54, 1.807) is 12.1 Å². The van der Waals surface area contributed by atoms with E-state index in [2.05, 4.69) is 18.3 Å². The molecule has 1 aromatic carbocycles. The minimum Gasteiger partial charge on any atom is -0.331 e.